The number of aromatic nitrogens is 2. The van der Waals surface area contributed by atoms with Gasteiger partial charge < -0.3 is 4.42 Å². The Morgan fingerprint density at radius 3 is 2.34 bits per heavy atom. The van der Waals surface area contributed by atoms with Gasteiger partial charge in [0, 0.05) is 21.8 Å². The van der Waals surface area contributed by atoms with Gasteiger partial charge in [0.15, 0.2) is 0 Å². The summed E-state index contributed by atoms with van der Waals surface area (Å²) in [4.78, 5) is 10.2. The topological polar surface area (TPSA) is 38.9 Å². The predicted molar refractivity (Wildman–Crippen MR) is 118 cm³/mol. The lowest BCUT2D eigenvalue weighted by atomic mass is 9.78. The average Bonchev–Trinajstić information content (AvgIpc) is 3.08. The number of rotatable bonds is 1. The van der Waals surface area contributed by atoms with Gasteiger partial charge in [-0.25, -0.2) is 9.97 Å². The first-order chi connectivity index (χ1) is 14.0. The van der Waals surface area contributed by atoms with Gasteiger partial charge in [0.2, 0.25) is 0 Å². The summed E-state index contributed by atoms with van der Waals surface area (Å²) in [6.45, 7) is 8.95. The Labute approximate surface area is 169 Å². The summed E-state index contributed by atoms with van der Waals surface area (Å²) in [6, 6.07) is 18.9. The number of hydrogen-bond donors (Lipinski definition) is 0. The minimum absolute atomic E-state index is 0.296. The maximum Gasteiger partial charge on any atom is 0.139 e. The first kappa shape index (κ1) is 16.7. The van der Waals surface area contributed by atoms with Crippen molar-refractivity contribution in [2.75, 3.05) is 0 Å². The molecule has 29 heavy (non-hydrogen) atoms. The quantitative estimate of drug-likeness (QED) is 0.316. The van der Waals surface area contributed by atoms with E-state index in [0.29, 0.717) is 5.92 Å². The molecule has 0 atom stereocenters. The molecule has 0 saturated carbocycles. The van der Waals surface area contributed by atoms with Crippen LogP contribution in [0.4, 0.5) is 0 Å². The van der Waals surface area contributed by atoms with Crippen molar-refractivity contribution in [1.29, 1.82) is 0 Å². The second kappa shape index (κ2) is 5.44. The molecule has 0 aliphatic heterocycles. The zero-order valence-electron chi connectivity index (χ0n) is 17.1. The van der Waals surface area contributed by atoms with Gasteiger partial charge in [0.05, 0.1) is 22.4 Å². The average molecular weight is 378 g/mol. The van der Waals surface area contributed by atoms with E-state index in [4.69, 9.17) is 14.4 Å². The molecule has 0 bridgehead atoms. The second-order valence-electron chi connectivity index (χ2n) is 8.88. The highest BCUT2D eigenvalue weighted by atomic mass is 16.3. The molecule has 0 radical (unpaired) electrons. The fourth-order valence-corrected chi connectivity index (χ4v) is 4.86. The molecule has 6 rings (SSSR count). The van der Waals surface area contributed by atoms with Crippen molar-refractivity contribution < 1.29 is 4.42 Å². The number of nitrogens with zero attached hydrogens (tertiary/aromatic N) is 2. The van der Waals surface area contributed by atoms with E-state index in [1.54, 1.807) is 0 Å². The fourth-order valence-electron chi connectivity index (χ4n) is 4.86. The van der Waals surface area contributed by atoms with Crippen molar-refractivity contribution in [3.05, 3.63) is 71.4 Å². The van der Waals surface area contributed by atoms with Gasteiger partial charge in [-0.15, -0.1) is 0 Å². The summed E-state index contributed by atoms with van der Waals surface area (Å²) in [5.41, 5.74) is 9.10. The maximum atomic E-state index is 6.45. The lowest BCUT2D eigenvalue weighted by Crippen LogP contribution is -2.22. The molecule has 2 aromatic heterocycles. The Hall–Kier alpha value is -3.20. The number of furan rings is 1. The third-order valence-corrected chi connectivity index (χ3v) is 6.39. The van der Waals surface area contributed by atoms with Crippen LogP contribution in [0.2, 0.25) is 0 Å². The number of benzene rings is 3. The number of para-hydroxylation sites is 2. The van der Waals surface area contributed by atoms with Crippen molar-refractivity contribution in [3.63, 3.8) is 0 Å². The summed E-state index contributed by atoms with van der Waals surface area (Å²) in [5.74, 6) is 0.389. The summed E-state index contributed by atoms with van der Waals surface area (Å²) in [7, 11) is 0. The Morgan fingerprint density at radius 2 is 1.59 bits per heavy atom. The fraction of sp³-hybridized carbons (Fsp3) is 0.231. The normalized spacial score (nSPS) is 14.8. The van der Waals surface area contributed by atoms with Crippen molar-refractivity contribution >= 4 is 33.0 Å². The Morgan fingerprint density at radius 1 is 0.828 bits per heavy atom. The lowest BCUT2D eigenvalue weighted by molar-refractivity contribution is 0.620. The third-order valence-electron chi connectivity index (χ3n) is 6.39. The molecule has 3 nitrogen and oxygen atoms in total. The zero-order chi connectivity index (χ0) is 19.9. The molecule has 2 heterocycles. The van der Waals surface area contributed by atoms with Gasteiger partial charge in [0.1, 0.15) is 11.2 Å². The van der Waals surface area contributed by atoms with Gasteiger partial charge in [0.25, 0.3) is 0 Å². The van der Waals surface area contributed by atoms with Crippen molar-refractivity contribution in [2.45, 2.75) is 39.0 Å². The van der Waals surface area contributed by atoms with Crippen LogP contribution < -0.4 is 0 Å². The van der Waals surface area contributed by atoms with Crippen LogP contribution in [0.25, 0.3) is 44.2 Å². The van der Waals surface area contributed by atoms with E-state index in [2.05, 4.69) is 58.0 Å². The molecule has 0 unspecified atom stereocenters. The van der Waals surface area contributed by atoms with Gasteiger partial charge in [-0.1, -0.05) is 64.1 Å². The van der Waals surface area contributed by atoms with Crippen LogP contribution in [0.5, 0.6) is 0 Å². The van der Waals surface area contributed by atoms with Crippen LogP contribution in [-0.2, 0) is 5.41 Å². The van der Waals surface area contributed by atoms with Crippen LogP contribution in [0.15, 0.2) is 59.0 Å². The van der Waals surface area contributed by atoms with E-state index in [0.717, 1.165) is 44.5 Å². The van der Waals surface area contributed by atoms with Gasteiger partial charge in [-0.3, -0.25) is 0 Å². The molecule has 1 aliphatic carbocycles. The van der Waals surface area contributed by atoms with Crippen molar-refractivity contribution in [2.24, 2.45) is 0 Å². The van der Waals surface area contributed by atoms with E-state index < -0.39 is 0 Å². The van der Waals surface area contributed by atoms with E-state index in [-0.39, 0.29) is 5.41 Å². The molecule has 0 N–H and O–H groups in total. The van der Waals surface area contributed by atoms with Crippen molar-refractivity contribution in [3.8, 4) is 11.3 Å². The molecule has 3 aromatic carbocycles. The monoisotopic (exact) mass is 378 g/mol. The summed E-state index contributed by atoms with van der Waals surface area (Å²) >= 11 is 0. The predicted octanol–water partition coefficient (Wildman–Crippen LogP) is 6.96. The Bertz CT molecular complexity index is 1460. The van der Waals surface area contributed by atoms with Gasteiger partial charge in [-0.05, 0) is 35.2 Å². The zero-order valence-corrected chi connectivity index (χ0v) is 17.1. The maximum absolute atomic E-state index is 6.45. The second-order valence-corrected chi connectivity index (χ2v) is 8.88. The number of hydrogen-bond acceptors (Lipinski definition) is 3. The molecular weight excluding hydrogens is 356 g/mol. The van der Waals surface area contributed by atoms with Crippen LogP contribution in [-0.4, -0.2) is 9.97 Å². The Balaban J connectivity index is 1.88. The summed E-state index contributed by atoms with van der Waals surface area (Å²) in [6.07, 6.45) is 0. The summed E-state index contributed by atoms with van der Waals surface area (Å²) < 4.78 is 6.45. The molecule has 142 valence electrons. The lowest BCUT2D eigenvalue weighted by Gasteiger charge is -2.27. The van der Waals surface area contributed by atoms with E-state index >= 15 is 0 Å². The van der Waals surface area contributed by atoms with Crippen LogP contribution in [0.3, 0.4) is 0 Å². The SMILES string of the molecule is CC(C)c1ccc2c3c1oc1cccc(c13)-c1nc3ccccc3nc1C2(C)C. The highest BCUT2D eigenvalue weighted by Crippen LogP contribution is 2.50. The number of fused-ring (bicyclic) bond motifs is 3. The van der Waals surface area contributed by atoms with Crippen molar-refractivity contribution in [1.82, 2.24) is 9.97 Å². The molecule has 1 aliphatic rings. The molecule has 0 spiro atoms. The molecule has 3 heteroatoms. The largest absolute Gasteiger partial charge is 0.456 e. The highest BCUT2D eigenvalue weighted by Gasteiger charge is 2.36. The van der Waals surface area contributed by atoms with E-state index in [1.165, 1.54) is 16.5 Å². The van der Waals surface area contributed by atoms with Crippen LogP contribution >= 0.6 is 0 Å². The minimum Gasteiger partial charge on any atom is -0.456 e. The molecule has 0 fully saturated rings. The first-order valence-corrected chi connectivity index (χ1v) is 10.2. The minimum atomic E-state index is -0.296. The Kier molecular flexibility index (Phi) is 3.14. The van der Waals surface area contributed by atoms with Gasteiger partial charge in [-0.2, -0.15) is 0 Å². The smallest absolute Gasteiger partial charge is 0.139 e. The standard InChI is InChI=1S/C26H22N2O/c1-14(2)15-12-13-17-22-21-16(8-7-11-20(21)29-24(15)22)23-25(26(17,3)4)28-19-10-6-5-9-18(19)27-23/h5-14H,1-4H3. The molecule has 5 aromatic rings. The third kappa shape index (κ3) is 2.08. The highest BCUT2D eigenvalue weighted by molar-refractivity contribution is 6.16. The van der Waals surface area contributed by atoms with Gasteiger partial charge >= 0.3 is 0 Å². The first-order valence-electron chi connectivity index (χ1n) is 10.2. The summed E-state index contributed by atoms with van der Waals surface area (Å²) in [5, 5.41) is 2.38. The van der Waals surface area contributed by atoms with E-state index in [9.17, 15) is 0 Å². The molecule has 0 saturated heterocycles. The van der Waals surface area contributed by atoms with Crippen LogP contribution in [0, 0.1) is 0 Å². The van der Waals surface area contributed by atoms with Crippen LogP contribution in [0.1, 0.15) is 50.4 Å². The van der Waals surface area contributed by atoms with E-state index in [1.807, 2.05) is 24.3 Å². The molecule has 0 amide bonds. The molecular formula is C26H22N2O.